The van der Waals surface area contributed by atoms with Gasteiger partial charge in [0.1, 0.15) is 0 Å². The summed E-state index contributed by atoms with van der Waals surface area (Å²) in [5, 5.41) is 7.72. The van der Waals surface area contributed by atoms with Crippen molar-refractivity contribution in [1.82, 2.24) is 15.3 Å². The van der Waals surface area contributed by atoms with Crippen LogP contribution in [0.3, 0.4) is 0 Å². The number of urea groups is 1. The molecule has 2 amide bonds. The third kappa shape index (κ3) is 7.65. The van der Waals surface area contributed by atoms with Crippen molar-refractivity contribution < 1.29 is 18.0 Å². The Bertz CT molecular complexity index is 815. The Morgan fingerprint density at radius 3 is 2.34 bits per heavy atom. The van der Waals surface area contributed by atoms with Gasteiger partial charge in [-0.25, -0.2) is 14.8 Å². The van der Waals surface area contributed by atoms with E-state index < -0.39 is 17.8 Å². The van der Waals surface area contributed by atoms with Crippen LogP contribution in [0.25, 0.3) is 0 Å². The molecule has 1 saturated carbocycles. The number of hydrogen-bond acceptors (Lipinski definition) is 5. The van der Waals surface area contributed by atoms with Gasteiger partial charge < -0.3 is 10.6 Å². The number of aromatic nitrogens is 2. The number of nitroso groups, excluding NO2 is 1. The lowest BCUT2D eigenvalue weighted by Crippen LogP contribution is -2.39. The molecule has 7 nitrogen and oxygen atoms in total. The number of rotatable bonds is 3. The molecular weight excluding hydrogens is 411 g/mol. The first-order valence-corrected chi connectivity index (χ1v) is 9.22. The van der Waals surface area contributed by atoms with E-state index in [4.69, 9.17) is 11.6 Å². The Kier molecular flexibility index (Phi) is 8.32. The number of nitrogens with zero attached hydrogens (tertiary/aromatic N) is 3. The van der Waals surface area contributed by atoms with Gasteiger partial charge in [-0.3, -0.25) is 0 Å². The molecule has 2 N–H and O–H groups in total. The molecule has 0 bridgehead atoms. The maximum atomic E-state index is 12.6. The van der Waals surface area contributed by atoms with E-state index >= 15 is 0 Å². The third-order valence-corrected chi connectivity index (χ3v) is 4.45. The number of benzene rings is 1. The number of alkyl halides is 3. The van der Waals surface area contributed by atoms with Crippen LogP contribution < -0.4 is 10.6 Å². The Morgan fingerprint density at radius 1 is 1.14 bits per heavy atom. The molecule has 1 aromatic carbocycles. The average Bonchev–Trinajstić information content (AvgIpc) is 2.70. The maximum absolute atomic E-state index is 12.6. The Hall–Kier alpha value is -2.75. The molecule has 1 aromatic heterocycles. The maximum Gasteiger partial charge on any atom is 0.416 e. The van der Waals surface area contributed by atoms with Crippen molar-refractivity contribution in [3.8, 4) is 0 Å². The van der Waals surface area contributed by atoms with Crippen molar-refractivity contribution in [2.24, 2.45) is 5.18 Å². The van der Waals surface area contributed by atoms with Gasteiger partial charge in [0, 0.05) is 23.6 Å². The van der Waals surface area contributed by atoms with Crippen LogP contribution in [-0.4, -0.2) is 22.0 Å². The second-order valence-corrected chi connectivity index (χ2v) is 6.67. The molecule has 0 unspecified atom stereocenters. The number of carbonyl (C=O) groups excluding carboxylic acids is 1. The normalized spacial score (nSPS) is 14.3. The molecule has 1 aliphatic rings. The second kappa shape index (κ2) is 10.7. The highest BCUT2D eigenvalue weighted by molar-refractivity contribution is 6.33. The number of anilines is 1. The Morgan fingerprint density at radius 2 is 1.79 bits per heavy atom. The van der Waals surface area contributed by atoms with Gasteiger partial charge in [0.05, 0.1) is 16.3 Å². The van der Waals surface area contributed by atoms with E-state index in [0.29, 0.717) is 0 Å². The minimum Gasteiger partial charge on any atom is -0.335 e. The highest BCUT2D eigenvalue weighted by atomic mass is 35.5. The summed E-state index contributed by atoms with van der Waals surface area (Å²) >= 11 is 5.82. The summed E-state index contributed by atoms with van der Waals surface area (Å²) in [4.78, 5) is 28.5. The first kappa shape index (κ1) is 22.5. The van der Waals surface area contributed by atoms with Crippen LogP contribution in [-0.2, 0) is 6.18 Å². The highest BCUT2D eigenvalue weighted by Crippen LogP contribution is 2.33. The third-order valence-electron chi connectivity index (χ3n) is 4.12. The molecule has 3 rings (SSSR count). The van der Waals surface area contributed by atoms with Crippen molar-refractivity contribution >= 4 is 29.3 Å². The van der Waals surface area contributed by atoms with Crippen LogP contribution in [0.1, 0.15) is 37.7 Å². The fraction of sp³-hybridized carbons (Fsp3) is 0.389. The van der Waals surface area contributed by atoms with E-state index in [9.17, 15) is 22.9 Å². The smallest absolute Gasteiger partial charge is 0.335 e. The molecule has 0 radical (unpaired) electrons. The van der Waals surface area contributed by atoms with E-state index in [1.807, 2.05) is 0 Å². The highest BCUT2D eigenvalue weighted by Gasteiger charge is 2.31. The Balaban J connectivity index is 0.000000313. The lowest BCUT2D eigenvalue weighted by molar-refractivity contribution is -0.137. The molecule has 1 fully saturated rings. The molecule has 0 aliphatic heterocycles. The molecule has 1 aliphatic carbocycles. The van der Waals surface area contributed by atoms with Gasteiger partial charge in [-0.2, -0.15) is 13.2 Å². The van der Waals surface area contributed by atoms with Crippen molar-refractivity contribution in [1.29, 1.82) is 0 Å². The van der Waals surface area contributed by atoms with Crippen LogP contribution in [0.15, 0.2) is 41.8 Å². The van der Waals surface area contributed by atoms with Gasteiger partial charge >= 0.3 is 12.2 Å². The molecular formula is C18H19ClF3N5O2. The van der Waals surface area contributed by atoms with Gasteiger partial charge in [-0.05, 0) is 37.1 Å². The number of nitrogens with one attached hydrogen (secondary N) is 2. The van der Waals surface area contributed by atoms with Crippen LogP contribution in [0.5, 0.6) is 0 Å². The summed E-state index contributed by atoms with van der Waals surface area (Å²) < 4.78 is 37.9. The molecule has 1 heterocycles. The summed E-state index contributed by atoms with van der Waals surface area (Å²) in [7, 11) is 0. The van der Waals surface area contributed by atoms with E-state index in [2.05, 4.69) is 25.8 Å². The summed E-state index contributed by atoms with van der Waals surface area (Å²) in [5.74, 6) is -0.0208. The van der Waals surface area contributed by atoms with Crippen LogP contribution in [0, 0.1) is 4.91 Å². The zero-order chi connectivity index (χ0) is 21.3. The average molecular weight is 430 g/mol. The predicted octanol–water partition coefficient (Wildman–Crippen LogP) is 5.69. The molecule has 0 saturated heterocycles. The summed E-state index contributed by atoms with van der Waals surface area (Å²) in [5.41, 5.74) is -0.889. The van der Waals surface area contributed by atoms with Crippen molar-refractivity contribution in [2.45, 2.75) is 44.3 Å². The van der Waals surface area contributed by atoms with Crippen molar-refractivity contribution in [3.63, 3.8) is 0 Å². The first-order valence-electron chi connectivity index (χ1n) is 8.84. The SMILES string of the molecule is O=C(Nc1cc(C(F)(F)F)ccc1Cl)NC1CCCCC1.O=Nc1ncccn1. The topological polar surface area (TPSA) is 96.3 Å². The van der Waals surface area contributed by atoms with Gasteiger partial charge in [0.25, 0.3) is 5.95 Å². The van der Waals surface area contributed by atoms with Gasteiger partial charge in [0.15, 0.2) is 0 Å². The van der Waals surface area contributed by atoms with Crippen molar-refractivity contribution in [3.05, 3.63) is 52.2 Å². The lowest BCUT2D eigenvalue weighted by Gasteiger charge is -2.23. The predicted molar refractivity (Wildman–Crippen MR) is 103 cm³/mol. The van der Waals surface area contributed by atoms with Crippen LogP contribution in [0.4, 0.5) is 29.6 Å². The fourth-order valence-corrected chi connectivity index (χ4v) is 2.89. The molecule has 0 spiro atoms. The minimum atomic E-state index is -4.47. The van der Waals surface area contributed by atoms with E-state index in [0.717, 1.165) is 50.3 Å². The second-order valence-electron chi connectivity index (χ2n) is 6.27. The first-order chi connectivity index (χ1) is 13.8. The lowest BCUT2D eigenvalue weighted by atomic mass is 9.96. The fourth-order valence-electron chi connectivity index (χ4n) is 2.73. The number of carbonyl (C=O) groups is 1. The largest absolute Gasteiger partial charge is 0.416 e. The van der Waals surface area contributed by atoms with Gasteiger partial charge in [0.2, 0.25) is 0 Å². The number of hydrogen-bond donors (Lipinski definition) is 2. The number of amides is 2. The summed E-state index contributed by atoms with van der Waals surface area (Å²) in [6.07, 6.45) is 3.49. The van der Waals surface area contributed by atoms with Crippen LogP contribution >= 0.6 is 11.6 Å². The van der Waals surface area contributed by atoms with E-state index in [1.54, 1.807) is 6.07 Å². The van der Waals surface area contributed by atoms with Gasteiger partial charge in [-0.1, -0.05) is 30.9 Å². The van der Waals surface area contributed by atoms with Gasteiger partial charge in [-0.15, -0.1) is 4.91 Å². The van der Waals surface area contributed by atoms with Crippen LogP contribution in [0.2, 0.25) is 5.02 Å². The minimum absolute atomic E-state index is 0.0208. The molecule has 29 heavy (non-hydrogen) atoms. The summed E-state index contributed by atoms with van der Waals surface area (Å²) in [6, 6.07) is 4.01. The van der Waals surface area contributed by atoms with Crippen molar-refractivity contribution in [2.75, 3.05) is 5.32 Å². The standard InChI is InChI=1S/C14H16ClF3N2O.C4H3N3O/c15-11-7-6-9(14(16,17)18)8-12(11)20-13(21)19-10-4-2-1-3-5-10;8-7-4-5-2-1-3-6-4/h6-8,10H,1-5H2,(H2,19,20,21);1-3H. The zero-order valence-electron chi connectivity index (χ0n) is 15.2. The molecule has 11 heteroatoms. The molecule has 0 atom stereocenters. The van der Waals surface area contributed by atoms with E-state index in [1.165, 1.54) is 12.4 Å². The molecule has 2 aromatic rings. The Labute approximate surface area is 170 Å². The van der Waals surface area contributed by atoms with E-state index in [-0.39, 0.29) is 22.7 Å². The monoisotopic (exact) mass is 429 g/mol. The summed E-state index contributed by atoms with van der Waals surface area (Å²) in [6.45, 7) is 0. The quantitative estimate of drug-likeness (QED) is 0.613. The number of halogens is 4. The molecule has 156 valence electrons. The zero-order valence-corrected chi connectivity index (χ0v) is 16.0.